The topological polar surface area (TPSA) is 50.4 Å². The lowest BCUT2D eigenvalue weighted by Crippen LogP contribution is -1.92. The highest BCUT2D eigenvalue weighted by Gasteiger charge is 2.08. The van der Waals surface area contributed by atoms with Crippen molar-refractivity contribution in [3.05, 3.63) is 23.7 Å². The largest absolute Gasteiger partial charge is 0.475 e. The van der Waals surface area contributed by atoms with Crippen molar-refractivity contribution in [1.29, 1.82) is 0 Å². The van der Waals surface area contributed by atoms with Crippen molar-refractivity contribution < 1.29 is 14.3 Å². The molecule has 0 aliphatic carbocycles. The van der Waals surface area contributed by atoms with Crippen molar-refractivity contribution in [3.8, 4) is 0 Å². The van der Waals surface area contributed by atoms with E-state index in [2.05, 4.69) is 13.8 Å². The van der Waals surface area contributed by atoms with E-state index in [0.29, 0.717) is 5.92 Å². The molecule has 78 valence electrons. The van der Waals surface area contributed by atoms with Gasteiger partial charge in [0.15, 0.2) is 0 Å². The molecule has 0 aliphatic heterocycles. The summed E-state index contributed by atoms with van der Waals surface area (Å²) in [5, 5.41) is 8.61. The summed E-state index contributed by atoms with van der Waals surface area (Å²) in [4.78, 5) is 10.5. The van der Waals surface area contributed by atoms with Gasteiger partial charge in [-0.2, -0.15) is 11.8 Å². The molecule has 1 rings (SSSR count). The summed E-state index contributed by atoms with van der Waals surface area (Å²) in [6.07, 6.45) is 0. The van der Waals surface area contributed by atoms with Crippen LogP contribution in [0.2, 0.25) is 0 Å². The number of hydrogen-bond acceptors (Lipinski definition) is 3. The first-order valence-corrected chi connectivity index (χ1v) is 5.65. The van der Waals surface area contributed by atoms with Crippen molar-refractivity contribution in [2.45, 2.75) is 19.6 Å². The van der Waals surface area contributed by atoms with Gasteiger partial charge in [-0.1, -0.05) is 13.8 Å². The zero-order valence-corrected chi connectivity index (χ0v) is 9.13. The Morgan fingerprint density at radius 1 is 1.57 bits per heavy atom. The number of carboxylic acid groups (broad SMARTS) is 1. The Kier molecular flexibility index (Phi) is 4.07. The Bertz CT molecular complexity index is 304. The summed E-state index contributed by atoms with van der Waals surface area (Å²) in [5.74, 6) is 2.19. The van der Waals surface area contributed by atoms with Gasteiger partial charge in [-0.25, -0.2) is 4.79 Å². The molecule has 0 spiro atoms. The van der Waals surface area contributed by atoms with Crippen LogP contribution in [0.1, 0.15) is 30.2 Å². The van der Waals surface area contributed by atoms with Crippen molar-refractivity contribution in [3.63, 3.8) is 0 Å². The van der Waals surface area contributed by atoms with Crippen LogP contribution in [0.25, 0.3) is 0 Å². The average Bonchev–Trinajstić information content (AvgIpc) is 2.52. The van der Waals surface area contributed by atoms with E-state index in [1.807, 2.05) is 0 Å². The van der Waals surface area contributed by atoms with E-state index >= 15 is 0 Å². The SMILES string of the molecule is CC(C)CSCc1ccc(C(=O)O)o1. The third kappa shape index (κ3) is 3.46. The van der Waals surface area contributed by atoms with Gasteiger partial charge < -0.3 is 9.52 Å². The molecule has 1 aromatic heterocycles. The molecule has 0 unspecified atom stereocenters. The molecule has 0 amide bonds. The van der Waals surface area contributed by atoms with Gasteiger partial charge in [0.25, 0.3) is 0 Å². The molecule has 3 nitrogen and oxygen atoms in total. The molecule has 14 heavy (non-hydrogen) atoms. The van der Waals surface area contributed by atoms with Crippen LogP contribution in [0.15, 0.2) is 16.5 Å². The molecule has 1 aromatic rings. The maximum absolute atomic E-state index is 10.5. The van der Waals surface area contributed by atoms with E-state index in [0.717, 1.165) is 17.3 Å². The highest BCUT2D eigenvalue weighted by atomic mass is 32.2. The third-order valence-electron chi connectivity index (χ3n) is 1.57. The van der Waals surface area contributed by atoms with Gasteiger partial charge in [-0.15, -0.1) is 0 Å². The highest BCUT2D eigenvalue weighted by molar-refractivity contribution is 7.98. The van der Waals surface area contributed by atoms with Gasteiger partial charge in [0.1, 0.15) is 5.76 Å². The monoisotopic (exact) mass is 214 g/mol. The predicted octanol–water partition coefficient (Wildman–Crippen LogP) is 2.87. The second kappa shape index (κ2) is 5.10. The van der Waals surface area contributed by atoms with Gasteiger partial charge in [0.05, 0.1) is 5.75 Å². The van der Waals surface area contributed by atoms with Gasteiger partial charge in [-0.05, 0) is 23.8 Å². The molecular weight excluding hydrogens is 200 g/mol. The van der Waals surface area contributed by atoms with E-state index in [9.17, 15) is 4.79 Å². The fourth-order valence-electron chi connectivity index (χ4n) is 0.966. The summed E-state index contributed by atoms with van der Waals surface area (Å²) >= 11 is 1.75. The van der Waals surface area contributed by atoms with Crippen molar-refractivity contribution in [2.24, 2.45) is 5.92 Å². The number of thioether (sulfide) groups is 1. The molecular formula is C10H14O3S. The molecule has 0 fully saturated rings. The number of carboxylic acids is 1. The molecule has 4 heteroatoms. The molecule has 0 radical (unpaired) electrons. The normalized spacial score (nSPS) is 10.8. The van der Waals surface area contributed by atoms with Gasteiger partial charge >= 0.3 is 5.97 Å². The maximum atomic E-state index is 10.5. The number of rotatable bonds is 5. The lowest BCUT2D eigenvalue weighted by Gasteiger charge is -2.01. The Morgan fingerprint density at radius 2 is 2.29 bits per heavy atom. The Labute approximate surface area is 87.5 Å². The lowest BCUT2D eigenvalue weighted by atomic mass is 10.3. The number of hydrogen-bond donors (Lipinski definition) is 1. The van der Waals surface area contributed by atoms with E-state index < -0.39 is 5.97 Å². The summed E-state index contributed by atoms with van der Waals surface area (Å²) in [5.41, 5.74) is 0. The summed E-state index contributed by atoms with van der Waals surface area (Å²) in [6.45, 7) is 4.30. The standard InChI is InChI=1S/C10H14O3S/c1-7(2)5-14-6-8-3-4-9(13-8)10(11)12/h3-4,7H,5-6H2,1-2H3,(H,11,12). The number of carbonyl (C=O) groups is 1. The van der Waals surface area contributed by atoms with Gasteiger partial charge in [0, 0.05) is 0 Å². The Balaban J connectivity index is 2.40. The molecule has 0 saturated heterocycles. The first-order chi connectivity index (χ1) is 6.59. The summed E-state index contributed by atoms with van der Waals surface area (Å²) in [6, 6.07) is 3.21. The minimum atomic E-state index is -1.01. The molecule has 0 bridgehead atoms. The zero-order valence-electron chi connectivity index (χ0n) is 8.32. The third-order valence-corrected chi connectivity index (χ3v) is 2.96. The average molecular weight is 214 g/mol. The van der Waals surface area contributed by atoms with Crippen LogP contribution in [0.4, 0.5) is 0 Å². The van der Waals surface area contributed by atoms with Crippen molar-refractivity contribution in [2.75, 3.05) is 5.75 Å². The van der Waals surface area contributed by atoms with Crippen LogP contribution in [0.3, 0.4) is 0 Å². The summed E-state index contributed by atoms with van der Waals surface area (Å²) in [7, 11) is 0. The number of furan rings is 1. The molecule has 0 aliphatic rings. The Hall–Kier alpha value is -0.900. The zero-order chi connectivity index (χ0) is 10.6. The number of aromatic carboxylic acids is 1. The quantitative estimate of drug-likeness (QED) is 0.818. The molecule has 0 aromatic carbocycles. The van der Waals surface area contributed by atoms with Crippen molar-refractivity contribution in [1.82, 2.24) is 0 Å². The van der Waals surface area contributed by atoms with Gasteiger partial charge in [0.2, 0.25) is 5.76 Å². The highest BCUT2D eigenvalue weighted by Crippen LogP contribution is 2.17. The second-order valence-corrected chi connectivity index (χ2v) is 4.51. The molecule has 0 atom stereocenters. The lowest BCUT2D eigenvalue weighted by molar-refractivity contribution is 0.0661. The first kappa shape index (κ1) is 11.2. The second-order valence-electron chi connectivity index (χ2n) is 3.48. The van der Waals surface area contributed by atoms with E-state index in [4.69, 9.17) is 9.52 Å². The van der Waals surface area contributed by atoms with Crippen LogP contribution in [0.5, 0.6) is 0 Å². The van der Waals surface area contributed by atoms with Gasteiger partial charge in [-0.3, -0.25) is 0 Å². The summed E-state index contributed by atoms with van der Waals surface area (Å²) < 4.78 is 5.11. The fourth-order valence-corrected chi connectivity index (χ4v) is 1.91. The van der Waals surface area contributed by atoms with Crippen LogP contribution in [-0.2, 0) is 5.75 Å². The van der Waals surface area contributed by atoms with Crippen molar-refractivity contribution >= 4 is 17.7 Å². The maximum Gasteiger partial charge on any atom is 0.371 e. The first-order valence-electron chi connectivity index (χ1n) is 4.49. The van der Waals surface area contributed by atoms with Crippen LogP contribution >= 0.6 is 11.8 Å². The molecule has 0 saturated carbocycles. The minimum Gasteiger partial charge on any atom is -0.475 e. The predicted molar refractivity (Wildman–Crippen MR) is 56.7 cm³/mol. The Morgan fingerprint density at radius 3 is 2.79 bits per heavy atom. The smallest absolute Gasteiger partial charge is 0.371 e. The van der Waals surface area contributed by atoms with E-state index in [1.54, 1.807) is 17.8 Å². The molecule has 1 heterocycles. The fraction of sp³-hybridized carbons (Fsp3) is 0.500. The van der Waals surface area contributed by atoms with E-state index in [1.165, 1.54) is 6.07 Å². The minimum absolute atomic E-state index is 0.0187. The van der Waals surface area contributed by atoms with Crippen LogP contribution in [-0.4, -0.2) is 16.8 Å². The molecule has 1 N–H and O–H groups in total. The van der Waals surface area contributed by atoms with E-state index in [-0.39, 0.29) is 5.76 Å². The van der Waals surface area contributed by atoms with Crippen LogP contribution in [0, 0.1) is 5.92 Å². The van der Waals surface area contributed by atoms with Crippen LogP contribution < -0.4 is 0 Å².